The van der Waals surface area contributed by atoms with Crippen molar-refractivity contribution in [2.45, 2.75) is 62.2 Å². The molecule has 0 aromatic carbocycles. The summed E-state index contributed by atoms with van der Waals surface area (Å²) in [5.41, 5.74) is 0. The van der Waals surface area contributed by atoms with Gasteiger partial charge in [0.2, 0.25) is 18.3 Å². The van der Waals surface area contributed by atoms with E-state index in [1.807, 2.05) is 0 Å². The van der Waals surface area contributed by atoms with Gasteiger partial charge in [0.15, 0.2) is 12.2 Å². The summed E-state index contributed by atoms with van der Waals surface area (Å²) in [6, 6.07) is 0. The van der Waals surface area contributed by atoms with E-state index in [9.17, 15) is 19.2 Å². The zero-order chi connectivity index (χ0) is 23.2. The highest BCUT2D eigenvalue weighted by molar-refractivity contribution is 6.76. The van der Waals surface area contributed by atoms with Crippen molar-refractivity contribution >= 4 is 64.6 Å². The fourth-order valence-electron chi connectivity index (χ4n) is 2.47. The van der Waals surface area contributed by atoms with Gasteiger partial charge >= 0.3 is 23.9 Å². The van der Waals surface area contributed by atoms with Gasteiger partial charge in [-0.2, -0.15) is 0 Å². The zero-order valence-electron chi connectivity index (χ0n) is 16.3. The predicted octanol–water partition coefficient (Wildman–Crippen LogP) is 1.43. The molecule has 1 aliphatic heterocycles. The van der Waals surface area contributed by atoms with Crippen molar-refractivity contribution in [1.29, 1.82) is 5.41 Å². The quantitative estimate of drug-likeness (QED) is 0.190. The molecule has 0 amide bonds. The number of hydrogen-bond acceptors (Lipinski definition) is 11. The van der Waals surface area contributed by atoms with Gasteiger partial charge in [-0.25, -0.2) is 0 Å². The van der Waals surface area contributed by atoms with Gasteiger partial charge in [-0.3, -0.25) is 24.6 Å². The van der Waals surface area contributed by atoms with Crippen LogP contribution < -0.4 is 0 Å². The summed E-state index contributed by atoms with van der Waals surface area (Å²) in [4.78, 5) is 46.1. The fraction of sp³-hybridized carbons (Fsp3) is 0.688. The van der Waals surface area contributed by atoms with Gasteiger partial charge in [0.1, 0.15) is 12.7 Å². The molecule has 0 spiro atoms. The van der Waals surface area contributed by atoms with Crippen LogP contribution in [0.15, 0.2) is 0 Å². The number of carbonyl (C=O) groups excluding carboxylic acids is 4. The number of alkyl halides is 3. The molecule has 1 N–H and O–H groups in total. The molecule has 0 aromatic heterocycles. The van der Waals surface area contributed by atoms with Crippen molar-refractivity contribution in [3.8, 4) is 0 Å². The Morgan fingerprint density at radius 3 is 1.70 bits per heavy atom. The SMILES string of the molecule is CC(=O)OC[C@@H]1O[C@@H](OC(=N)C(Cl)(Cl)Cl)[C@@H](OC(C)=O)[C@H](OC(C)=O)[C@H]1OC(C)=O. The first-order valence-corrected chi connectivity index (χ1v) is 9.48. The van der Waals surface area contributed by atoms with Crippen molar-refractivity contribution in [2.75, 3.05) is 6.61 Å². The second-order valence-electron chi connectivity index (χ2n) is 6.01. The number of carbonyl (C=O) groups is 4. The highest BCUT2D eigenvalue weighted by Crippen LogP contribution is 2.33. The molecule has 0 aromatic rings. The van der Waals surface area contributed by atoms with Crippen LogP contribution in [0.1, 0.15) is 27.7 Å². The van der Waals surface area contributed by atoms with E-state index in [4.69, 9.17) is 68.6 Å². The molecule has 1 rings (SSSR count). The molecule has 0 unspecified atom stereocenters. The first-order valence-electron chi connectivity index (χ1n) is 8.35. The van der Waals surface area contributed by atoms with Crippen LogP contribution in [-0.4, -0.2) is 70.9 Å². The topological polar surface area (TPSA) is 148 Å². The van der Waals surface area contributed by atoms with E-state index in [1.165, 1.54) is 0 Å². The highest BCUT2D eigenvalue weighted by Gasteiger charge is 2.54. The zero-order valence-corrected chi connectivity index (χ0v) is 18.6. The van der Waals surface area contributed by atoms with E-state index in [0.717, 1.165) is 27.7 Å². The van der Waals surface area contributed by atoms with Crippen LogP contribution in [0.2, 0.25) is 0 Å². The summed E-state index contributed by atoms with van der Waals surface area (Å²) in [6.45, 7) is 3.86. The fourth-order valence-corrected chi connectivity index (χ4v) is 2.60. The number of hydrogen-bond donors (Lipinski definition) is 1. The molecule has 0 bridgehead atoms. The smallest absolute Gasteiger partial charge is 0.303 e. The van der Waals surface area contributed by atoms with Crippen LogP contribution in [0.4, 0.5) is 0 Å². The third-order valence-electron chi connectivity index (χ3n) is 3.44. The van der Waals surface area contributed by atoms with Crippen LogP contribution in [-0.2, 0) is 47.6 Å². The standard InChI is InChI=1S/C16H20Cl3NO10/c1-6(21)25-5-10-11(26-7(2)22)12(27-8(3)23)13(28-9(4)24)14(29-10)30-15(20)16(17,18)19/h10-14,20H,5H2,1-4H3/t10-,11-,12+,13-,14-/m0/s1. The maximum absolute atomic E-state index is 11.7. The van der Waals surface area contributed by atoms with Gasteiger partial charge in [-0.05, 0) is 0 Å². The predicted molar refractivity (Wildman–Crippen MR) is 101 cm³/mol. The first kappa shape index (κ1) is 26.2. The van der Waals surface area contributed by atoms with Gasteiger partial charge in [0.25, 0.3) is 3.79 Å². The molecule has 1 fully saturated rings. The van der Waals surface area contributed by atoms with Crippen LogP contribution in [0.3, 0.4) is 0 Å². The van der Waals surface area contributed by atoms with E-state index >= 15 is 0 Å². The van der Waals surface area contributed by atoms with E-state index in [2.05, 4.69) is 0 Å². The van der Waals surface area contributed by atoms with Crippen LogP contribution >= 0.6 is 34.8 Å². The Morgan fingerprint density at radius 2 is 1.27 bits per heavy atom. The Morgan fingerprint density at radius 1 is 0.800 bits per heavy atom. The van der Waals surface area contributed by atoms with Crippen LogP contribution in [0.5, 0.6) is 0 Å². The number of rotatable bonds is 6. The van der Waals surface area contributed by atoms with E-state index in [-0.39, 0.29) is 0 Å². The maximum atomic E-state index is 11.7. The lowest BCUT2D eigenvalue weighted by Gasteiger charge is -2.44. The minimum atomic E-state index is -2.29. The van der Waals surface area contributed by atoms with E-state index in [1.54, 1.807) is 0 Å². The molecule has 14 heteroatoms. The Labute approximate surface area is 186 Å². The van der Waals surface area contributed by atoms with E-state index in [0.29, 0.717) is 0 Å². The second kappa shape index (κ2) is 11.0. The molecule has 0 saturated carbocycles. The van der Waals surface area contributed by atoms with Gasteiger partial charge in [0.05, 0.1) is 0 Å². The minimum Gasteiger partial charge on any atom is -0.463 e. The number of ether oxygens (including phenoxy) is 6. The lowest BCUT2D eigenvalue weighted by Crippen LogP contribution is -2.63. The third kappa shape index (κ3) is 8.13. The van der Waals surface area contributed by atoms with Gasteiger partial charge in [-0.15, -0.1) is 0 Å². The second-order valence-corrected chi connectivity index (χ2v) is 8.29. The van der Waals surface area contributed by atoms with Gasteiger partial charge < -0.3 is 28.4 Å². The summed E-state index contributed by atoms with van der Waals surface area (Å²) < 4.78 is 28.9. The van der Waals surface area contributed by atoms with Crippen molar-refractivity contribution < 1.29 is 47.6 Å². The lowest BCUT2D eigenvalue weighted by atomic mass is 9.98. The Hall–Kier alpha value is -1.82. The highest BCUT2D eigenvalue weighted by atomic mass is 35.6. The van der Waals surface area contributed by atoms with Crippen molar-refractivity contribution in [2.24, 2.45) is 0 Å². The lowest BCUT2D eigenvalue weighted by molar-refractivity contribution is -0.292. The Kier molecular flexibility index (Phi) is 9.60. The average molecular weight is 493 g/mol. The third-order valence-corrected chi connectivity index (χ3v) is 3.95. The minimum absolute atomic E-state index is 0.460. The summed E-state index contributed by atoms with van der Waals surface area (Å²) >= 11 is 16.8. The molecule has 0 radical (unpaired) electrons. The number of nitrogens with one attached hydrogen (secondary N) is 1. The molecule has 1 saturated heterocycles. The van der Waals surface area contributed by atoms with Crippen molar-refractivity contribution in [3.05, 3.63) is 0 Å². The van der Waals surface area contributed by atoms with Gasteiger partial charge in [0, 0.05) is 27.7 Å². The van der Waals surface area contributed by atoms with Crippen LogP contribution in [0.25, 0.3) is 0 Å². The largest absolute Gasteiger partial charge is 0.463 e. The number of halogens is 3. The molecular weight excluding hydrogens is 473 g/mol. The molecule has 1 heterocycles. The molecule has 170 valence electrons. The first-order chi connectivity index (χ1) is 13.7. The normalized spacial score (nSPS) is 26.2. The van der Waals surface area contributed by atoms with Gasteiger partial charge in [-0.1, -0.05) is 34.8 Å². The van der Waals surface area contributed by atoms with Crippen LogP contribution in [0, 0.1) is 5.41 Å². The molecule has 5 atom stereocenters. The molecular formula is C16H20Cl3NO10. The monoisotopic (exact) mass is 491 g/mol. The Balaban J connectivity index is 3.37. The molecule has 0 aliphatic carbocycles. The summed E-state index contributed by atoms with van der Waals surface area (Å²) in [5, 5.41) is 7.74. The van der Waals surface area contributed by atoms with Crippen molar-refractivity contribution in [1.82, 2.24) is 0 Å². The summed E-state index contributed by atoms with van der Waals surface area (Å²) in [6.07, 6.45) is -7.25. The number of esters is 4. The van der Waals surface area contributed by atoms with Crippen molar-refractivity contribution in [3.63, 3.8) is 0 Å². The molecule has 30 heavy (non-hydrogen) atoms. The average Bonchev–Trinajstić information content (AvgIpc) is 2.56. The Bertz CT molecular complexity index is 695. The summed E-state index contributed by atoms with van der Waals surface area (Å²) in [5.74, 6) is -4.03. The maximum Gasteiger partial charge on any atom is 0.303 e. The molecule has 11 nitrogen and oxygen atoms in total. The summed E-state index contributed by atoms with van der Waals surface area (Å²) in [7, 11) is 0. The van der Waals surface area contributed by atoms with E-state index < -0.39 is 70.9 Å². The molecule has 1 aliphatic rings.